The van der Waals surface area contributed by atoms with Gasteiger partial charge in [-0.1, -0.05) is 87.4 Å². The van der Waals surface area contributed by atoms with Crippen LogP contribution in [-0.2, 0) is 32.9 Å². The average molecular weight is 872 g/mol. The summed E-state index contributed by atoms with van der Waals surface area (Å²) in [5, 5.41) is 9.05. The number of sulfonamides is 2. The number of hydrogen-bond acceptors (Lipinski definition) is 7. The van der Waals surface area contributed by atoms with E-state index in [1.165, 1.54) is 5.56 Å². The predicted octanol–water partition coefficient (Wildman–Crippen LogP) is 9.21. The standard InChI is InChI=1S/C50H73N5O4S2/c1-37(2)31-43-32-38(3)33-44(49(43)61(58,59)55-29-20-46(21-30-55)52-23-14-40(15-24-52)11-10-22-51)34-45-36-50(5,6)35-39(4)48(45)60(56,57)54-27-18-47(19-28-54)53-25-16-42(17-26-53)41-12-8-7-9-13-41/h7-9,12-13,32-33,36-37,40,42,46-47H,10-11,14-21,23-31,34-35H2,1-6H3. The first-order chi connectivity index (χ1) is 29.1. The van der Waals surface area contributed by atoms with Crippen molar-refractivity contribution in [3.63, 3.8) is 0 Å². The molecule has 0 spiro atoms. The van der Waals surface area contributed by atoms with Crippen LogP contribution in [-0.4, -0.2) is 99.7 Å². The van der Waals surface area contributed by atoms with Crippen molar-refractivity contribution < 1.29 is 16.8 Å². The van der Waals surface area contributed by atoms with Gasteiger partial charge in [0.15, 0.2) is 0 Å². The largest absolute Gasteiger partial charge is 0.300 e. The molecule has 2 aromatic carbocycles. The third kappa shape index (κ3) is 10.8. The van der Waals surface area contributed by atoms with E-state index in [0.29, 0.717) is 84.7 Å². The van der Waals surface area contributed by atoms with Crippen LogP contribution in [0.2, 0.25) is 0 Å². The van der Waals surface area contributed by atoms with Gasteiger partial charge in [-0.15, -0.1) is 0 Å². The van der Waals surface area contributed by atoms with E-state index in [-0.39, 0.29) is 17.8 Å². The molecule has 0 saturated carbocycles. The number of piperidine rings is 4. The van der Waals surface area contributed by atoms with Crippen molar-refractivity contribution >= 4 is 20.0 Å². The monoisotopic (exact) mass is 872 g/mol. The number of benzene rings is 2. The number of likely N-dealkylation sites (tertiary alicyclic amines) is 2. The third-order valence-corrected chi connectivity index (χ3v) is 18.8. The van der Waals surface area contributed by atoms with Crippen molar-refractivity contribution in [1.29, 1.82) is 5.26 Å². The summed E-state index contributed by atoms with van der Waals surface area (Å²) in [6.45, 7) is 18.7. The second kappa shape index (κ2) is 19.5. The Morgan fingerprint density at radius 3 is 1.84 bits per heavy atom. The zero-order chi connectivity index (χ0) is 43.5. The lowest BCUT2D eigenvalue weighted by Gasteiger charge is -2.42. The van der Waals surface area contributed by atoms with E-state index in [1.807, 2.05) is 26.0 Å². The van der Waals surface area contributed by atoms with Gasteiger partial charge in [-0.05, 0) is 163 Å². The first-order valence-electron chi connectivity index (χ1n) is 23.5. The van der Waals surface area contributed by atoms with Crippen molar-refractivity contribution in [2.75, 3.05) is 52.4 Å². The minimum atomic E-state index is -3.89. The number of hydrogen-bond donors (Lipinski definition) is 0. The molecule has 4 fully saturated rings. The van der Waals surface area contributed by atoms with Gasteiger partial charge >= 0.3 is 0 Å². The Labute approximate surface area is 369 Å². The molecule has 0 aromatic heterocycles. The second-order valence-corrected chi connectivity index (χ2v) is 24.0. The highest BCUT2D eigenvalue weighted by Crippen LogP contribution is 2.43. The Morgan fingerprint density at radius 2 is 1.28 bits per heavy atom. The van der Waals surface area contributed by atoms with E-state index in [4.69, 9.17) is 5.26 Å². The molecule has 0 atom stereocenters. The molecular formula is C50H73N5O4S2. The van der Waals surface area contributed by atoms with Gasteiger partial charge in [0.1, 0.15) is 0 Å². The zero-order valence-electron chi connectivity index (χ0n) is 38.0. The fourth-order valence-corrected chi connectivity index (χ4v) is 15.5. The van der Waals surface area contributed by atoms with Crippen LogP contribution >= 0.6 is 0 Å². The first-order valence-corrected chi connectivity index (χ1v) is 26.4. The molecule has 4 saturated heterocycles. The summed E-state index contributed by atoms with van der Waals surface area (Å²) in [5.41, 5.74) is 5.29. The van der Waals surface area contributed by atoms with Crippen LogP contribution in [0.3, 0.4) is 0 Å². The molecule has 0 N–H and O–H groups in total. The van der Waals surface area contributed by atoms with Gasteiger partial charge in [0.05, 0.1) is 15.9 Å². The van der Waals surface area contributed by atoms with Crippen molar-refractivity contribution in [2.24, 2.45) is 17.3 Å². The van der Waals surface area contributed by atoms with Gasteiger partial charge in [-0.3, -0.25) is 0 Å². The molecule has 1 aliphatic carbocycles. The van der Waals surface area contributed by atoms with Gasteiger partial charge in [0.25, 0.3) is 0 Å². The Bertz CT molecular complexity index is 2160. The second-order valence-electron chi connectivity index (χ2n) is 20.3. The molecule has 4 aliphatic heterocycles. The van der Waals surface area contributed by atoms with Gasteiger partial charge < -0.3 is 9.80 Å². The van der Waals surface area contributed by atoms with E-state index in [0.717, 1.165) is 106 Å². The molecule has 2 aromatic rings. The highest BCUT2D eigenvalue weighted by molar-refractivity contribution is 7.93. The number of nitriles is 1. The normalized spacial score (nSPS) is 23.1. The molecule has 334 valence electrons. The molecular weight excluding hydrogens is 799 g/mol. The fraction of sp³-hybridized carbons (Fsp3) is 0.660. The number of allylic oxidation sites excluding steroid dienone is 3. The van der Waals surface area contributed by atoms with E-state index in [1.54, 1.807) is 8.61 Å². The van der Waals surface area contributed by atoms with Crippen LogP contribution in [0, 0.1) is 35.5 Å². The van der Waals surface area contributed by atoms with Crippen LogP contribution in [0.4, 0.5) is 0 Å². The SMILES string of the molecule is CC1=C(S(=O)(=O)N2CCC(N3CCC(c4ccccc4)CC3)CC2)C(Cc2cc(C)cc(CC(C)C)c2S(=O)(=O)N2CCC(N3CCC(CCC#N)CC3)CC2)=CC(C)(C)C1. The molecule has 5 aliphatic rings. The molecule has 0 amide bonds. The summed E-state index contributed by atoms with van der Waals surface area (Å²) >= 11 is 0. The zero-order valence-corrected chi connectivity index (χ0v) is 39.7. The summed E-state index contributed by atoms with van der Waals surface area (Å²) in [6.07, 6.45) is 13.0. The topological polar surface area (TPSA) is 105 Å². The molecule has 4 heterocycles. The number of aryl methyl sites for hydroxylation is 1. The maximum atomic E-state index is 15.1. The van der Waals surface area contributed by atoms with Crippen LogP contribution in [0.15, 0.2) is 69.5 Å². The van der Waals surface area contributed by atoms with Crippen LogP contribution in [0.1, 0.15) is 133 Å². The quantitative estimate of drug-likeness (QED) is 0.198. The fourth-order valence-electron chi connectivity index (χ4n) is 11.7. The molecule has 0 radical (unpaired) electrons. The number of nitrogens with zero attached hydrogens (tertiary/aromatic N) is 5. The van der Waals surface area contributed by atoms with Crippen LogP contribution in [0.25, 0.3) is 0 Å². The maximum absolute atomic E-state index is 15.1. The van der Waals surface area contributed by atoms with E-state index < -0.39 is 20.0 Å². The minimum absolute atomic E-state index is 0.245. The van der Waals surface area contributed by atoms with Crippen molar-refractivity contribution in [1.82, 2.24) is 18.4 Å². The summed E-state index contributed by atoms with van der Waals surface area (Å²) in [6, 6.07) is 17.9. The lowest BCUT2D eigenvalue weighted by atomic mass is 9.78. The van der Waals surface area contributed by atoms with E-state index in [9.17, 15) is 8.42 Å². The molecule has 61 heavy (non-hydrogen) atoms. The molecule has 0 unspecified atom stereocenters. The molecule has 7 rings (SSSR count). The highest BCUT2D eigenvalue weighted by Gasteiger charge is 2.41. The van der Waals surface area contributed by atoms with Gasteiger partial charge in [0.2, 0.25) is 20.0 Å². The Kier molecular flexibility index (Phi) is 14.7. The minimum Gasteiger partial charge on any atom is -0.300 e. The predicted molar refractivity (Wildman–Crippen MR) is 247 cm³/mol. The summed E-state index contributed by atoms with van der Waals surface area (Å²) < 4.78 is 63.5. The van der Waals surface area contributed by atoms with Crippen molar-refractivity contribution in [3.8, 4) is 6.07 Å². The van der Waals surface area contributed by atoms with E-state index >= 15 is 8.42 Å². The van der Waals surface area contributed by atoms with Crippen molar-refractivity contribution in [2.45, 2.75) is 148 Å². The van der Waals surface area contributed by atoms with Crippen LogP contribution < -0.4 is 0 Å². The highest BCUT2D eigenvalue weighted by atomic mass is 32.2. The van der Waals surface area contributed by atoms with Gasteiger partial charge in [0, 0.05) is 44.7 Å². The lowest BCUT2D eigenvalue weighted by molar-refractivity contribution is 0.0953. The summed E-state index contributed by atoms with van der Waals surface area (Å²) in [7, 11) is -7.72. The molecule has 0 bridgehead atoms. The Balaban J connectivity index is 1.09. The van der Waals surface area contributed by atoms with Gasteiger partial charge in [-0.25, -0.2) is 16.8 Å². The maximum Gasteiger partial charge on any atom is 0.243 e. The summed E-state index contributed by atoms with van der Waals surface area (Å²) in [5.74, 6) is 1.45. The molecule has 11 heteroatoms. The summed E-state index contributed by atoms with van der Waals surface area (Å²) in [4.78, 5) is 5.95. The van der Waals surface area contributed by atoms with Gasteiger partial charge in [-0.2, -0.15) is 13.9 Å². The van der Waals surface area contributed by atoms with Crippen LogP contribution in [0.5, 0.6) is 0 Å². The smallest absolute Gasteiger partial charge is 0.243 e. The first kappa shape index (κ1) is 46.2. The molecule has 9 nitrogen and oxygen atoms in total. The Hall–Kier alpha value is -2.85. The average Bonchev–Trinajstić information content (AvgIpc) is 3.22. The van der Waals surface area contributed by atoms with Crippen molar-refractivity contribution in [3.05, 3.63) is 86.8 Å². The lowest BCUT2D eigenvalue weighted by Crippen LogP contribution is -2.49. The number of rotatable bonds is 13. The third-order valence-electron chi connectivity index (χ3n) is 14.6. The Morgan fingerprint density at radius 1 is 0.738 bits per heavy atom. The van der Waals surface area contributed by atoms with E-state index in [2.05, 4.69) is 80.0 Å².